The van der Waals surface area contributed by atoms with Crippen LogP contribution in [0.2, 0.25) is 0 Å². The first kappa shape index (κ1) is 13.4. The molecule has 0 aliphatic carbocycles. The lowest BCUT2D eigenvalue weighted by Gasteiger charge is -2.08. The summed E-state index contributed by atoms with van der Waals surface area (Å²) < 4.78 is 1.84. The monoisotopic (exact) mass is 259 g/mol. The molecular weight excluding hydrogens is 238 g/mol. The SMILES string of the molecule is CCCNc1cc(NCc2cn(C)nc2C)ccn1. The van der Waals surface area contributed by atoms with Crippen molar-refractivity contribution in [3.05, 3.63) is 35.8 Å². The molecule has 0 aliphatic heterocycles. The van der Waals surface area contributed by atoms with E-state index in [4.69, 9.17) is 0 Å². The summed E-state index contributed by atoms with van der Waals surface area (Å²) >= 11 is 0. The minimum absolute atomic E-state index is 0.775. The van der Waals surface area contributed by atoms with Crippen molar-refractivity contribution in [1.82, 2.24) is 14.8 Å². The van der Waals surface area contributed by atoms with Crippen molar-refractivity contribution in [2.75, 3.05) is 17.2 Å². The predicted octanol–water partition coefficient (Wildman–Crippen LogP) is 2.56. The number of nitrogens with zero attached hydrogens (tertiary/aromatic N) is 3. The Bertz CT molecular complexity index is 532. The summed E-state index contributed by atoms with van der Waals surface area (Å²) in [6, 6.07) is 4.00. The first-order chi connectivity index (χ1) is 9.19. The molecule has 2 N–H and O–H groups in total. The number of hydrogen-bond acceptors (Lipinski definition) is 4. The minimum Gasteiger partial charge on any atom is -0.381 e. The number of nitrogens with one attached hydrogen (secondary N) is 2. The molecular formula is C14H21N5. The van der Waals surface area contributed by atoms with Gasteiger partial charge in [-0.1, -0.05) is 6.92 Å². The molecule has 102 valence electrons. The van der Waals surface area contributed by atoms with Gasteiger partial charge in [-0.25, -0.2) is 4.98 Å². The van der Waals surface area contributed by atoms with Crippen LogP contribution in [-0.2, 0) is 13.6 Å². The van der Waals surface area contributed by atoms with Crippen LogP contribution in [0.3, 0.4) is 0 Å². The fraction of sp³-hybridized carbons (Fsp3) is 0.429. The average Bonchev–Trinajstić information content (AvgIpc) is 2.73. The summed E-state index contributed by atoms with van der Waals surface area (Å²) in [6.07, 6.45) is 4.95. The third-order valence-corrected chi connectivity index (χ3v) is 2.91. The van der Waals surface area contributed by atoms with Gasteiger partial charge in [-0.3, -0.25) is 4.68 Å². The zero-order chi connectivity index (χ0) is 13.7. The van der Waals surface area contributed by atoms with Gasteiger partial charge in [0, 0.05) is 49.8 Å². The summed E-state index contributed by atoms with van der Waals surface area (Å²) in [5.41, 5.74) is 3.34. The molecule has 0 radical (unpaired) electrons. The normalized spacial score (nSPS) is 10.5. The molecule has 0 bridgehead atoms. The second-order valence-electron chi connectivity index (χ2n) is 4.62. The Kier molecular flexibility index (Phi) is 4.39. The molecule has 0 fully saturated rings. The standard InChI is InChI=1S/C14H21N5/c1-4-6-15-14-8-13(5-7-16-14)17-9-12-10-19(3)18-11(12)2/h5,7-8,10H,4,6,9H2,1-3H3,(H2,15,16,17). The van der Waals surface area contributed by atoms with Crippen molar-refractivity contribution in [2.24, 2.45) is 7.05 Å². The molecule has 0 saturated carbocycles. The maximum Gasteiger partial charge on any atom is 0.127 e. The van der Waals surface area contributed by atoms with E-state index >= 15 is 0 Å². The fourth-order valence-electron chi connectivity index (χ4n) is 1.91. The van der Waals surface area contributed by atoms with Gasteiger partial charge in [0.25, 0.3) is 0 Å². The summed E-state index contributed by atoms with van der Waals surface area (Å²) in [5, 5.41) is 11.0. The Labute approximate surface area is 114 Å². The van der Waals surface area contributed by atoms with Crippen LogP contribution in [0.1, 0.15) is 24.6 Å². The highest BCUT2D eigenvalue weighted by Gasteiger charge is 2.03. The van der Waals surface area contributed by atoms with E-state index in [0.29, 0.717) is 0 Å². The molecule has 2 heterocycles. The highest BCUT2D eigenvalue weighted by atomic mass is 15.2. The molecule has 2 rings (SSSR count). The third-order valence-electron chi connectivity index (χ3n) is 2.91. The van der Waals surface area contributed by atoms with Crippen LogP contribution in [0.5, 0.6) is 0 Å². The second kappa shape index (κ2) is 6.22. The van der Waals surface area contributed by atoms with E-state index < -0.39 is 0 Å². The van der Waals surface area contributed by atoms with Gasteiger partial charge in [0.2, 0.25) is 0 Å². The molecule has 0 aliphatic rings. The minimum atomic E-state index is 0.775. The highest BCUT2D eigenvalue weighted by molar-refractivity contribution is 5.52. The Morgan fingerprint density at radius 2 is 2.16 bits per heavy atom. The molecule has 0 amide bonds. The van der Waals surface area contributed by atoms with E-state index in [1.807, 2.05) is 43.2 Å². The number of aryl methyl sites for hydroxylation is 2. The number of pyridine rings is 1. The molecule has 19 heavy (non-hydrogen) atoms. The van der Waals surface area contributed by atoms with Crippen molar-refractivity contribution in [3.8, 4) is 0 Å². The van der Waals surface area contributed by atoms with Gasteiger partial charge in [0.15, 0.2) is 0 Å². The van der Waals surface area contributed by atoms with Crippen LogP contribution in [0.4, 0.5) is 11.5 Å². The maximum absolute atomic E-state index is 4.33. The average molecular weight is 259 g/mol. The van der Waals surface area contributed by atoms with E-state index in [1.165, 1.54) is 5.56 Å². The Morgan fingerprint density at radius 3 is 2.84 bits per heavy atom. The smallest absolute Gasteiger partial charge is 0.127 e. The van der Waals surface area contributed by atoms with E-state index in [9.17, 15) is 0 Å². The number of rotatable bonds is 6. The second-order valence-corrected chi connectivity index (χ2v) is 4.62. The Balaban J connectivity index is 1.97. The van der Waals surface area contributed by atoms with Gasteiger partial charge in [-0.2, -0.15) is 5.10 Å². The highest BCUT2D eigenvalue weighted by Crippen LogP contribution is 2.14. The van der Waals surface area contributed by atoms with E-state index in [-0.39, 0.29) is 0 Å². The molecule has 5 heteroatoms. The Morgan fingerprint density at radius 1 is 1.32 bits per heavy atom. The lowest BCUT2D eigenvalue weighted by atomic mass is 10.2. The molecule has 2 aromatic heterocycles. The third kappa shape index (κ3) is 3.71. The summed E-state index contributed by atoms with van der Waals surface area (Å²) in [4.78, 5) is 4.29. The lowest BCUT2D eigenvalue weighted by molar-refractivity contribution is 0.756. The maximum atomic E-state index is 4.33. The molecule has 5 nitrogen and oxygen atoms in total. The predicted molar refractivity (Wildman–Crippen MR) is 78.3 cm³/mol. The zero-order valence-electron chi connectivity index (χ0n) is 11.8. The molecule has 2 aromatic rings. The van der Waals surface area contributed by atoms with Crippen molar-refractivity contribution in [1.29, 1.82) is 0 Å². The number of hydrogen-bond donors (Lipinski definition) is 2. The number of aromatic nitrogens is 3. The van der Waals surface area contributed by atoms with Gasteiger partial charge >= 0.3 is 0 Å². The largest absolute Gasteiger partial charge is 0.381 e. The summed E-state index contributed by atoms with van der Waals surface area (Å²) in [6.45, 7) is 5.88. The zero-order valence-corrected chi connectivity index (χ0v) is 11.8. The van der Waals surface area contributed by atoms with Crippen LogP contribution >= 0.6 is 0 Å². The van der Waals surface area contributed by atoms with E-state index in [2.05, 4.69) is 27.6 Å². The topological polar surface area (TPSA) is 54.8 Å². The molecule has 0 atom stereocenters. The Hall–Kier alpha value is -2.04. The molecule has 0 saturated heterocycles. The molecule has 0 unspecified atom stereocenters. The van der Waals surface area contributed by atoms with Crippen LogP contribution in [0, 0.1) is 6.92 Å². The van der Waals surface area contributed by atoms with E-state index in [1.54, 1.807) is 0 Å². The van der Waals surface area contributed by atoms with Gasteiger partial charge in [0.05, 0.1) is 5.69 Å². The van der Waals surface area contributed by atoms with Crippen molar-refractivity contribution >= 4 is 11.5 Å². The van der Waals surface area contributed by atoms with Gasteiger partial charge in [-0.15, -0.1) is 0 Å². The molecule has 0 spiro atoms. The lowest BCUT2D eigenvalue weighted by Crippen LogP contribution is -2.04. The van der Waals surface area contributed by atoms with Crippen molar-refractivity contribution < 1.29 is 0 Å². The van der Waals surface area contributed by atoms with Crippen LogP contribution in [0.15, 0.2) is 24.5 Å². The number of anilines is 2. The van der Waals surface area contributed by atoms with Crippen LogP contribution in [0.25, 0.3) is 0 Å². The van der Waals surface area contributed by atoms with Crippen LogP contribution < -0.4 is 10.6 Å². The first-order valence-corrected chi connectivity index (χ1v) is 6.62. The van der Waals surface area contributed by atoms with Gasteiger partial charge in [-0.05, 0) is 19.4 Å². The van der Waals surface area contributed by atoms with Crippen LogP contribution in [-0.4, -0.2) is 21.3 Å². The quantitative estimate of drug-likeness (QED) is 0.837. The molecule has 0 aromatic carbocycles. The van der Waals surface area contributed by atoms with Crippen molar-refractivity contribution in [2.45, 2.75) is 26.8 Å². The van der Waals surface area contributed by atoms with Gasteiger partial charge in [0.1, 0.15) is 5.82 Å². The summed E-state index contributed by atoms with van der Waals surface area (Å²) in [7, 11) is 1.94. The van der Waals surface area contributed by atoms with Crippen molar-refractivity contribution in [3.63, 3.8) is 0 Å². The van der Waals surface area contributed by atoms with Gasteiger partial charge < -0.3 is 10.6 Å². The fourth-order valence-corrected chi connectivity index (χ4v) is 1.91. The van der Waals surface area contributed by atoms with E-state index in [0.717, 1.165) is 36.7 Å². The first-order valence-electron chi connectivity index (χ1n) is 6.62. The summed E-state index contributed by atoms with van der Waals surface area (Å²) in [5.74, 6) is 0.912.